The number of esters is 3. The topological polar surface area (TPSA) is 78.9 Å². The van der Waals surface area contributed by atoms with Crippen LogP contribution in [0.2, 0.25) is 0 Å². The Morgan fingerprint density at radius 1 is 0.350 bits per heavy atom. The molecule has 0 spiro atoms. The smallest absolute Gasteiger partial charge is 0.306 e. The fourth-order valence-electron chi connectivity index (χ4n) is 8.13. The first kappa shape index (κ1) is 58.4. The van der Waals surface area contributed by atoms with Gasteiger partial charge in [-0.1, -0.05) is 259 Å². The number of hydrogen-bond acceptors (Lipinski definition) is 6. The van der Waals surface area contributed by atoms with Crippen molar-refractivity contribution in [3.63, 3.8) is 0 Å². The Morgan fingerprint density at radius 2 is 0.633 bits per heavy atom. The predicted octanol–water partition coefficient (Wildman–Crippen LogP) is 17.3. The predicted molar refractivity (Wildman–Crippen MR) is 256 cm³/mol. The molecule has 0 saturated heterocycles. The fourth-order valence-corrected chi connectivity index (χ4v) is 8.13. The first-order chi connectivity index (χ1) is 29.3. The van der Waals surface area contributed by atoms with Gasteiger partial charge < -0.3 is 14.2 Å². The van der Waals surface area contributed by atoms with E-state index in [2.05, 4.69) is 34.6 Å². The highest BCUT2D eigenvalue weighted by Gasteiger charge is 2.19. The maximum absolute atomic E-state index is 12.6. The summed E-state index contributed by atoms with van der Waals surface area (Å²) in [7, 11) is 0. The molecule has 6 nitrogen and oxygen atoms in total. The standard InChI is InChI=1S/C54H104O6/c1-6-8-9-32-41-46-54(57)60-51(48-59-53(56)45-40-36-31-27-23-19-18-20-24-28-33-37-42-49(3)4)47-58-52(55)44-39-35-30-26-22-17-15-13-11-10-12-14-16-21-25-29-34-38-43-50(5)7-2/h49-51H,6-48H2,1-5H3/t50?,51-/m1/s1. The second kappa shape index (κ2) is 46.9. The zero-order valence-corrected chi connectivity index (χ0v) is 41.1. The molecule has 2 atom stereocenters. The lowest BCUT2D eigenvalue weighted by atomic mass is 9.99. The fraction of sp³-hybridized carbons (Fsp3) is 0.944. The van der Waals surface area contributed by atoms with Crippen LogP contribution in [-0.4, -0.2) is 37.2 Å². The first-order valence-corrected chi connectivity index (χ1v) is 26.8. The van der Waals surface area contributed by atoms with E-state index in [0.29, 0.717) is 19.3 Å². The van der Waals surface area contributed by atoms with Crippen molar-refractivity contribution in [2.24, 2.45) is 11.8 Å². The van der Waals surface area contributed by atoms with Gasteiger partial charge in [0.15, 0.2) is 6.10 Å². The Morgan fingerprint density at radius 3 is 0.950 bits per heavy atom. The lowest BCUT2D eigenvalue weighted by molar-refractivity contribution is -0.167. The minimum Gasteiger partial charge on any atom is -0.462 e. The van der Waals surface area contributed by atoms with Crippen LogP contribution in [0.5, 0.6) is 0 Å². The maximum Gasteiger partial charge on any atom is 0.306 e. The van der Waals surface area contributed by atoms with E-state index in [-0.39, 0.29) is 31.1 Å². The molecule has 60 heavy (non-hydrogen) atoms. The number of unbranched alkanes of at least 4 members (excludes halogenated alkanes) is 32. The van der Waals surface area contributed by atoms with Crippen molar-refractivity contribution < 1.29 is 28.6 Å². The monoisotopic (exact) mass is 849 g/mol. The highest BCUT2D eigenvalue weighted by Crippen LogP contribution is 2.18. The SMILES string of the molecule is CCCCCCCC(=O)O[C@H](COC(=O)CCCCCCCCCCCCCCCCCCCCC(C)CC)COC(=O)CCCCCCCCCCCCCCC(C)C. The van der Waals surface area contributed by atoms with E-state index in [1.54, 1.807) is 0 Å². The molecule has 0 aliphatic heterocycles. The van der Waals surface area contributed by atoms with Gasteiger partial charge in [0.05, 0.1) is 0 Å². The molecule has 6 heteroatoms. The Labute approximate surface area is 374 Å². The van der Waals surface area contributed by atoms with Crippen molar-refractivity contribution in [2.45, 2.75) is 304 Å². The van der Waals surface area contributed by atoms with Crippen LogP contribution in [0.4, 0.5) is 0 Å². The third-order valence-corrected chi connectivity index (χ3v) is 12.6. The Bertz CT molecular complexity index is 918. The highest BCUT2D eigenvalue weighted by molar-refractivity contribution is 5.71. The minimum absolute atomic E-state index is 0.0649. The van der Waals surface area contributed by atoms with Crippen LogP contribution in [0, 0.1) is 11.8 Å². The average Bonchev–Trinajstić information content (AvgIpc) is 3.23. The summed E-state index contributed by atoms with van der Waals surface area (Å²) in [6.07, 6.45) is 48.4. The number of ether oxygens (including phenoxy) is 3. The van der Waals surface area contributed by atoms with Crippen molar-refractivity contribution in [3.05, 3.63) is 0 Å². The second-order valence-electron chi connectivity index (χ2n) is 19.2. The van der Waals surface area contributed by atoms with Gasteiger partial charge >= 0.3 is 17.9 Å². The molecule has 0 aromatic heterocycles. The molecule has 0 aliphatic carbocycles. The zero-order valence-electron chi connectivity index (χ0n) is 41.1. The van der Waals surface area contributed by atoms with E-state index >= 15 is 0 Å². The summed E-state index contributed by atoms with van der Waals surface area (Å²) < 4.78 is 16.7. The summed E-state index contributed by atoms with van der Waals surface area (Å²) in [5.41, 5.74) is 0. The Balaban J connectivity index is 4.01. The van der Waals surface area contributed by atoms with Gasteiger partial charge in [0, 0.05) is 19.3 Å². The van der Waals surface area contributed by atoms with Crippen LogP contribution in [0.15, 0.2) is 0 Å². The molecule has 0 radical (unpaired) electrons. The molecule has 0 N–H and O–H groups in total. The van der Waals surface area contributed by atoms with Gasteiger partial charge in [0.2, 0.25) is 0 Å². The third-order valence-electron chi connectivity index (χ3n) is 12.6. The van der Waals surface area contributed by atoms with Gasteiger partial charge in [-0.15, -0.1) is 0 Å². The number of carbonyl (C=O) groups is 3. The molecule has 0 aliphatic rings. The van der Waals surface area contributed by atoms with Crippen LogP contribution in [0.3, 0.4) is 0 Å². The molecule has 1 unspecified atom stereocenters. The van der Waals surface area contributed by atoms with Gasteiger partial charge in [0.25, 0.3) is 0 Å². The van der Waals surface area contributed by atoms with E-state index in [1.807, 2.05) is 0 Å². The summed E-state index contributed by atoms with van der Waals surface area (Å²) in [5.74, 6) is 0.882. The van der Waals surface area contributed by atoms with Crippen molar-refractivity contribution in [1.82, 2.24) is 0 Å². The highest BCUT2D eigenvalue weighted by atomic mass is 16.6. The lowest BCUT2D eigenvalue weighted by Crippen LogP contribution is -2.30. The summed E-state index contributed by atoms with van der Waals surface area (Å²) in [6, 6.07) is 0. The molecule has 0 bridgehead atoms. The third kappa shape index (κ3) is 45.9. The van der Waals surface area contributed by atoms with Gasteiger partial charge in [-0.25, -0.2) is 0 Å². The van der Waals surface area contributed by atoms with Crippen molar-refractivity contribution >= 4 is 17.9 Å². The first-order valence-electron chi connectivity index (χ1n) is 26.8. The van der Waals surface area contributed by atoms with E-state index in [0.717, 1.165) is 76.0 Å². The molecule has 0 rings (SSSR count). The number of rotatable bonds is 48. The van der Waals surface area contributed by atoms with Crippen LogP contribution < -0.4 is 0 Å². The molecule has 0 heterocycles. The van der Waals surface area contributed by atoms with Crippen molar-refractivity contribution in [2.75, 3.05) is 13.2 Å². The summed E-state index contributed by atoms with van der Waals surface area (Å²) >= 11 is 0. The van der Waals surface area contributed by atoms with Gasteiger partial charge in [-0.2, -0.15) is 0 Å². The maximum atomic E-state index is 12.6. The van der Waals surface area contributed by atoms with Crippen LogP contribution >= 0.6 is 0 Å². The lowest BCUT2D eigenvalue weighted by Gasteiger charge is -2.18. The summed E-state index contributed by atoms with van der Waals surface area (Å²) in [6.45, 7) is 11.4. The van der Waals surface area contributed by atoms with Crippen LogP contribution in [0.1, 0.15) is 298 Å². The van der Waals surface area contributed by atoms with Crippen LogP contribution in [0.25, 0.3) is 0 Å². The van der Waals surface area contributed by atoms with Gasteiger partial charge in [-0.3, -0.25) is 14.4 Å². The van der Waals surface area contributed by atoms with Crippen molar-refractivity contribution in [3.8, 4) is 0 Å². The normalized spacial score (nSPS) is 12.5. The van der Waals surface area contributed by atoms with Crippen molar-refractivity contribution in [1.29, 1.82) is 0 Å². The van der Waals surface area contributed by atoms with Crippen LogP contribution in [-0.2, 0) is 28.6 Å². The van der Waals surface area contributed by atoms with E-state index in [4.69, 9.17) is 14.2 Å². The van der Waals surface area contributed by atoms with Gasteiger partial charge in [-0.05, 0) is 31.1 Å². The Hall–Kier alpha value is -1.59. The molecule has 0 aromatic rings. The second-order valence-corrected chi connectivity index (χ2v) is 19.2. The summed E-state index contributed by atoms with van der Waals surface area (Å²) in [5, 5.41) is 0. The molecule has 356 valence electrons. The Kier molecular flexibility index (Phi) is 45.7. The number of hydrogen-bond donors (Lipinski definition) is 0. The largest absolute Gasteiger partial charge is 0.462 e. The minimum atomic E-state index is -0.759. The molecule has 0 aromatic carbocycles. The van der Waals surface area contributed by atoms with Gasteiger partial charge in [0.1, 0.15) is 13.2 Å². The number of carbonyl (C=O) groups excluding carboxylic acids is 3. The average molecular weight is 849 g/mol. The molecular formula is C54H104O6. The van der Waals surface area contributed by atoms with E-state index in [1.165, 1.54) is 180 Å². The van der Waals surface area contributed by atoms with E-state index < -0.39 is 6.10 Å². The van der Waals surface area contributed by atoms with E-state index in [9.17, 15) is 14.4 Å². The summed E-state index contributed by atoms with van der Waals surface area (Å²) in [4.78, 5) is 37.7. The molecule has 0 fully saturated rings. The quantitative estimate of drug-likeness (QED) is 0.0345. The molecule has 0 amide bonds. The molecular weight excluding hydrogens is 745 g/mol. The zero-order chi connectivity index (χ0) is 44.0. The molecule has 0 saturated carbocycles.